The van der Waals surface area contributed by atoms with Gasteiger partial charge in [-0.3, -0.25) is 4.79 Å². The quantitative estimate of drug-likeness (QED) is 0.739. The van der Waals surface area contributed by atoms with E-state index < -0.39 is 0 Å². The molecule has 3 rings (SSSR count). The van der Waals surface area contributed by atoms with Crippen LogP contribution in [0.3, 0.4) is 0 Å². The lowest BCUT2D eigenvalue weighted by molar-refractivity contribution is -0.872. The lowest BCUT2D eigenvalue weighted by atomic mass is 9.99. The van der Waals surface area contributed by atoms with Crippen molar-refractivity contribution >= 4 is 11.9 Å². The molecule has 0 radical (unpaired) electrons. The number of nitrogens with one attached hydrogen (secondary N) is 1. The van der Waals surface area contributed by atoms with E-state index >= 15 is 0 Å². The average Bonchev–Trinajstić information content (AvgIpc) is 3.00. The normalized spacial score (nSPS) is 14.2. The van der Waals surface area contributed by atoms with E-state index in [4.69, 9.17) is 18.9 Å². The molecule has 29 heavy (non-hydrogen) atoms. The molecule has 154 valence electrons. The van der Waals surface area contributed by atoms with Crippen molar-refractivity contribution in [2.24, 2.45) is 0 Å². The number of rotatable bonds is 6. The van der Waals surface area contributed by atoms with Crippen LogP contribution in [0.1, 0.15) is 27.0 Å². The van der Waals surface area contributed by atoms with Gasteiger partial charge < -0.3 is 29.0 Å². The van der Waals surface area contributed by atoms with E-state index in [9.17, 15) is 9.90 Å². The van der Waals surface area contributed by atoms with Crippen LogP contribution in [0.25, 0.3) is 6.08 Å². The molecule has 0 bridgehead atoms. The molecule has 0 aromatic heterocycles. The summed E-state index contributed by atoms with van der Waals surface area (Å²) < 4.78 is 22.0. The molecule has 2 aromatic carbocycles. The topological polar surface area (TPSA) is 81.5 Å². The van der Waals surface area contributed by atoms with E-state index in [-0.39, 0.29) is 17.3 Å². The Morgan fingerprint density at radius 1 is 1.07 bits per heavy atom. The first kappa shape index (κ1) is 20.5. The number of carbonyl (C=O) groups is 1. The summed E-state index contributed by atoms with van der Waals surface area (Å²) in [7, 11) is 8.45. The number of allylic oxidation sites excluding steroid dienone is 1. The Hall–Kier alpha value is -3.19. The number of quaternary nitrogens is 1. The van der Waals surface area contributed by atoms with Crippen molar-refractivity contribution < 1.29 is 33.7 Å². The largest absolute Gasteiger partial charge is 0.872 e. The Kier molecular flexibility index (Phi) is 5.70. The van der Waals surface area contributed by atoms with Gasteiger partial charge in [0.05, 0.1) is 41.0 Å². The Balaban J connectivity index is 2.09. The van der Waals surface area contributed by atoms with Gasteiger partial charge in [-0.1, -0.05) is 11.8 Å². The summed E-state index contributed by atoms with van der Waals surface area (Å²) in [6.07, 6.45) is 1.61. The molecule has 0 aliphatic carbocycles. The molecule has 2 aromatic rings. The summed E-state index contributed by atoms with van der Waals surface area (Å²) in [6.45, 7) is 2.21. The molecule has 0 saturated heterocycles. The summed E-state index contributed by atoms with van der Waals surface area (Å²) in [5.74, 6) is 1.54. The summed E-state index contributed by atoms with van der Waals surface area (Å²) >= 11 is 0. The number of Topliss-reactive ketones (excluding diaryl/α,β-unsaturated/α-hetero) is 1. The maximum atomic E-state index is 13.0. The van der Waals surface area contributed by atoms with E-state index in [0.29, 0.717) is 51.8 Å². The van der Waals surface area contributed by atoms with E-state index in [0.717, 1.165) is 4.90 Å². The second kappa shape index (κ2) is 8.05. The van der Waals surface area contributed by atoms with Crippen molar-refractivity contribution in [3.63, 3.8) is 0 Å². The van der Waals surface area contributed by atoms with Gasteiger partial charge in [0.25, 0.3) is 0 Å². The van der Waals surface area contributed by atoms with Crippen molar-refractivity contribution in [1.29, 1.82) is 0 Å². The van der Waals surface area contributed by atoms with Crippen molar-refractivity contribution in [3.8, 4) is 28.7 Å². The predicted molar refractivity (Wildman–Crippen MR) is 106 cm³/mol. The first-order valence-electron chi connectivity index (χ1n) is 9.17. The van der Waals surface area contributed by atoms with Crippen LogP contribution in [-0.4, -0.2) is 41.2 Å². The van der Waals surface area contributed by atoms with Gasteiger partial charge in [0.15, 0.2) is 17.3 Å². The van der Waals surface area contributed by atoms with Gasteiger partial charge in [-0.15, -0.1) is 0 Å². The number of ether oxygens (including phenoxy) is 4. The number of fused-ring (bicyclic) bond motifs is 1. The molecule has 7 nitrogen and oxygen atoms in total. The molecule has 1 N–H and O–H groups in total. The zero-order chi connectivity index (χ0) is 21.3. The van der Waals surface area contributed by atoms with Crippen molar-refractivity contribution in [2.45, 2.75) is 13.5 Å². The highest BCUT2D eigenvalue weighted by Gasteiger charge is 2.32. The van der Waals surface area contributed by atoms with Crippen LogP contribution in [0.4, 0.5) is 0 Å². The van der Waals surface area contributed by atoms with Crippen molar-refractivity contribution in [1.82, 2.24) is 0 Å². The van der Waals surface area contributed by atoms with Crippen LogP contribution in [-0.2, 0) is 6.54 Å². The van der Waals surface area contributed by atoms with E-state index in [1.807, 2.05) is 14.1 Å². The Bertz CT molecular complexity index is 968. The van der Waals surface area contributed by atoms with E-state index in [2.05, 4.69) is 0 Å². The highest BCUT2D eigenvalue weighted by molar-refractivity contribution is 6.15. The van der Waals surface area contributed by atoms with Crippen LogP contribution in [0.15, 0.2) is 24.0 Å². The molecule has 0 spiro atoms. The number of hydrogen-bond donors (Lipinski definition) is 1. The number of ketones is 1. The van der Waals surface area contributed by atoms with Crippen molar-refractivity contribution in [2.75, 3.05) is 35.4 Å². The number of benzene rings is 2. The molecule has 0 saturated carbocycles. The summed E-state index contributed by atoms with van der Waals surface area (Å²) in [5.41, 5.74) is 2.21. The average molecular weight is 399 g/mol. The maximum absolute atomic E-state index is 13.0. The van der Waals surface area contributed by atoms with Gasteiger partial charge in [0.1, 0.15) is 12.3 Å². The molecule has 1 aliphatic rings. The Morgan fingerprint density at radius 2 is 1.69 bits per heavy atom. The Morgan fingerprint density at radius 3 is 2.21 bits per heavy atom. The summed E-state index contributed by atoms with van der Waals surface area (Å²) in [6, 6.07) is 4.95. The lowest BCUT2D eigenvalue weighted by Gasteiger charge is -2.19. The molecule has 1 aliphatic heterocycles. The third kappa shape index (κ3) is 3.73. The van der Waals surface area contributed by atoms with E-state index in [1.165, 1.54) is 27.4 Å². The van der Waals surface area contributed by atoms with Gasteiger partial charge in [-0.25, -0.2) is 0 Å². The van der Waals surface area contributed by atoms with Crippen LogP contribution < -0.4 is 29.0 Å². The molecular formula is C22H25NO6. The van der Waals surface area contributed by atoms with Crippen LogP contribution in [0, 0.1) is 6.92 Å². The fraction of sp³-hybridized carbons (Fsp3) is 0.318. The standard InChI is InChI=1S/C22H25NO6/c1-12-7-15(24)14(11-23(2)3)21-19(12)20(25)16(29-21)8-13-9-17(26-4)22(28-6)18(10-13)27-5/h7-10,24H,11H2,1-6H3. The van der Waals surface area contributed by atoms with Gasteiger partial charge in [0, 0.05) is 5.56 Å². The fourth-order valence-electron chi connectivity index (χ4n) is 3.42. The minimum Gasteiger partial charge on any atom is -0.872 e. The molecule has 0 amide bonds. The number of carbonyl (C=O) groups excluding carboxylic acids is 1. The van der Waals surface area contributed by atoms with Gasteiger partial charge in [0.2, 0.25) is 11.5 Å². The van der Waals surface area contributed by atoms with Crippen molar-refractivity contribution in [3.05, 3.63) is 46.2 Å². The van der Waals surface area contributed by atoms with Gasteiger partial charge in [-0.05, 0) is 36.3 Å². The first-order valence-corrected chi connectivity index (χ1v) is 9.17. The third-order valence-electron chi connectivity index (χ3n) is 4.72. The van der Waals surface area contributed by atoms with Gasteiger partial charge >= 0.3 is 0 Å². The molecule has 0 fully saturated rings. The highest BCUT2D eigenvalue weighted by atomic mass is 16.5. The number of methoxy groups -OCH3 is 3. The molecule has 0 unspecified atom stereocenters. The zero-order valence-corrected chi connectivity index (χ0v) is 17.5. The number of aryl methyl sites for hydroxylation is 1. The summed E-state index contributed by atoms with van der Waals surface area (Å²) in [5, 5.41) is 12.5. The summed E-state index contributed by atoms with van der Waals surface area (Å²) in [4.78, 5) is 14.1. The fourth-order valence-corrected chi connectivity index (χ4v) is 3.42. The minimum atomic E-state index is -0.249. The smallest absolute Gasteiger partial charge is 0.232 e. The maximum Gasteiger partial charge on any atom is 0.232 e. The lowest BCUT2D eigenvalue weighted by Crippen LogP contribution is -3.04. The van der Waals surface area contributed by atoms with Crippen LogP contribution >= 0.6 is 0 Å². The monoisotopic (exact) mass is 399 g/mol. The molecule has 7 heteroatoms. The minimum absolute atomic E-state index is 0.121. The second-order valence-corrected chi connectivity index (χ2v) is 7.16. The van der Waals surface area contributed by atoms with E-state index in [1.54, 1.807) is 25.1 Å². The molecule has 1 heterocycles. The molecular weight excluding hydrogens is 374 g/mol. The molecule has 0 atom stereocenters. The third-order valence-corrected chi connectivity index (χ3v) is 4.72. The van der Waals surface area contributed by atoms with Crippen LogP contribution in [0.5, 0.6) is 28.7 Å². The zero-order valence-electron chi connectivity index (χ0n) is 17.5. The van der Waals surface area contributed by atoms with Gasteiger partial charge in [-0.2, -0.15) is 0 Å². The Labute approximate surface area is 170 Å². The highest BCUT2D eigenvalue weighted by Crippen LogP contribution is 2.42. The second-order valence-electron chi connectivity index (χ2n) is 7.16. The van der Waals surface area contributed by atoms with Crippen LogP contribution in [0.2, 0.25) is 0 Å². The number of hydrogen-bond acceptors (Lipinski definition) is 6. The SMILES string of the molecule is COc1cc(C=C2Oc3c(C[NH+](C)C)c([O-])cc(C)c3C2=O)cc(OC)c1OC. The first-order chi connectivity index (χ1) is 13.8. The predicted octanol–water partition coefficient (Wildman–Crippen LogP) is 1.36.